The van der Waals surface area contributed by atoms with Crippen LogP contribution >= 0.6 is 0 Å². The van der Waals surface area contributed by atoms with Crippen molar-refractivity contribution >= 4 is 5.97 Å². The van der Waals surface area contributed by atoms with E-state index in [2.05, 4.69) is 4.74 Å². The van der Waals surface area contributed by atoms with Gasteiger partial charge in [0.2, 0.25) is 0 Å². The summed E-state index contributed by atoms with van der Waals surface area (Å²) in [5.74, 6) is -1.83. The standard InChI is InChI=1S/C14H24F4O2/c1-4-5-6-7-8-9-10-13(15,14(16,17)18)12(19)20-11(2)3/h11H,4-10H2,1-3H3. The van der Waals surface area contributed by atoms with Gasteiger partial charge in [-0.25, -0.2) is 9.18 Å². The van der Waals surface area contributed by atoms with Crippen LogP contribution in [0.15, 0.2) is 0 Å². The first-order valence-electron chi connectivity index (χ1n) is 7.12. The van der Waals surface area contributed by atoms with Crippen LogP contribution in [0.5, 0.6) is 0 Å². The van der Waals surface area contributed by atoms with E-state index in [4.69, 9.17) is 0 Å². The highest BCUT2D eigenvalue weighted by Gasteiger charge is 2.62. The fourth-order valence-electron chi connectivity index (χ4n) is 1.82. The Morgan fingerprint density at radius 3 is 1.95 bits per heavy atom. The third-order valence-electron chi connectivity index (χ3n) is 2.99. The monoisotopic (exact) mass is 300 g/mol. The first-order chi connectivity index (χ1) is 9.15. The van der Waals surface area contributed by atoms with Crippen LogP contribution in [-0.4, -0.2) is 23.9 Å². The molecule has 0 aliphatic carbocycles. The Morgan fingerprint density at radius 1 is 1.00 bits per heavy atom. The Balaban J connectivity index is 4.46. The highest BCUT2D eigenvalue weighted by Crippen LogP contribution is 2.39. The molecule has 0 fully saturated rings. The maximum absolute atomic E-state index is 14.0. The van der Waals surface area contributed by atoms with Crippen molar-refractivity contribution in [2.45, 2.75) is 83.7 Å². The van der Waals surface area contributed by atoms with E-state index < -0.39 is 30.3 Å². The molecule has 6 heteroatoms. The van der Waals surface area contributed by atoms with E-state index in [1.165, 1.54) is 13.8 Å². The molecule has 0 rings (SSSR count). The number of ether oxygens (including phenoxy) is 1. The number of carbonyl (C=O) groups is 1. The smallest absolute Gasteiger partial charge is 0.433 e. The lowest BCUT2D eigenvalue weighted by Crippen LogP contribution is -2.49. The van der Waals surface area contributed by atoms with Gasteiger partial charge in [-0.1, -0.05) is 39.0 Å². The minimum absolute atomic E-state index is 0.0208. The SMILES string of the molecule is CCCCCCCCC(F)(C(=O)OC(C)C)C(F)(F)F. The van der Waals surface area contributed by atoms with Crippen molar-refractivity contribution in [2.24, 2.45) is 0 Å². The van der Waals surface area contributed by atoms with Crippen LogP contribution in [0, 0.1) is 0 Å². The molecule has 1 atom stereocenters. The Labute approximate surface area is 117 Å². The van der Waals surface area contributed by atoms with Crippen LogP contribution in [0.3, 0.4) is 0 Å². The molecular weight excluding hydrogens is 276 g/mol. The van der Waals surface area contributed by atoms with E-state index in [1.54, 1.807) is 0 Å². The van der Waals surface area contributed by atoms with Crippen molar-refractivity contribution in [2.75, 3.05) is 0 Å². The zero-order valence-electron chi connectivity index (χ0n) is 12.4. The first kappa shape index (κ1) is 19.2. The number of esters is 1. The molecule has 0 amide bonds. The molecule has 0 spiro atoms. The second kappa shape index (κ2) is 8.47. The molecule has 0 saturated carbocycles. The normalized spacial score (nSPS) is 15.2. The zero-order valence-corrected chi connectivity index (χ0v) is 12.4. The first-order valence-corrected chi connectivity index (χ1v) is 7.12. The van der Waals surface area contributed by atoms with Crippen LogP contribution in [0.2, 0.25) is 0 Å². The quantitative estimate of drug-likeness (QED) is 0.342. The van der Waals surface area contributed by atoms with Gasteiger partial charge in [0.05, 0.1) is 6.10 Å². The summed E-state index contributed by atoms with van der Waals surface area (Å²) in [6.07, 6.45) is -2.67. The average Bonchev–Trinajstić information content (AvgIpc) is 2.30. The van der Waals surface area contributed by atoms with Gasteiger partial charge in [-0.05, 0) is 20.3 Å². The summed E-state index contributed by atoms with van der Waals surface area (Å²) in [6.45, 7) is 4.80. The summed E-state index contributed by atoms with van der Waals surface area (Å²) in [7, 11) is 0. The number of halogens is 4. The van der Waals surface area contributed by atoms with Gasteiger partial charge in [-0.15, -0.1) is 0 Å². The molecule has 1 unspecified atom stereocenters. The molecule has 0 aliphatic heterocycles. The van der Waals surface area contributed by atoms with Gasteiger partial charge in [-0.3, -0.25) is 0 Å². The number of carbonyl (C=O) groups excluding carboxylic acids is 1. The fraction of sp³-hybridized carbons (Fsp3) is 0.929. The lowest BCUT2D eigenvalue weighted by Gasteiger charge is -2.26. The van der Waals surface area contributed by atoms with E-state index in [0.29, 0.717) is 6.42 Å². The molecule has 0 aromatic heterocycles. The van der Waals surface area contributed by atoms with Crippen molar-refractivity contribution in [1.82, 2.24) is 0 Å². The Kier molecular flexibility index (Phi) is 8.13. The molecule has 2 nitrogen and oxygen atoms in total. The van der Waals surface area contributed by atoms with Crippen molar-refractivity contribution in [3.05, 3.63) is 0 Å². The maximum atomic E-state index is 14.0. The molecule has 0 bridgehead atoms. The molecule has 0 saturated heterocycles. The Morgan fingerprint density at radius 2 is 1.50 bits per heavy atom. The van der Waals surface area contributed by atoms with E-state index >= 15 is 0 Å². The predicted molar refractivity (Wildman–Crippen MR) is 69.1 cm³/mol. The number of hydrogen-bond acceptors (Lipinski definition) is 2. The molecule has 0 heterocycles. The van der Waals surface area contributed by atoms with Gasteiger partial charge in [0.15, 0.2) is 0 Å². The van der Waals surface area contributed by atoms with Crippen molar-refractivity contribution in [3.63, 3.8) is 0 Å². The van der Waals surface area contributed by atoms with Crippen LogP contribution < -0.4 is 0 Å². The minimum Gasteiger partial charge on any atom is -0.460 e. The lowest BCUT2D eigenvalue weighted by molar-refractivity contribution is -0.242. The second-order valence-electron chi connectivity index (χ2n) is 5.27. The summed E-state index contributed by atoms with van der Waals surface area (Å²) in [4.78, 5) is 11.4. The van der Waals surface area contributed by atoms with Gasteiger partial charge >= 0.3 is 17.8 Å². The summed E-state index contributed by atoms with van der Waals surface area (Å²) in [6, 6.07) is 0. The number of unbranched alkanes of at least 4 members (excludes halogenated alkanes) is 5. The van der Waals surface area contributed by atoms with E-state index in [1.807, 2.05) is 6.92 Å². The number of rotatable bonds is 9. The zero-order chi connectivity index (χ0) is 15.8. The number of alkyl halides is 4. The van der Waals surface area contributed by atoms with Crippen LogP contribution in [-0.2, 0) is 9.53 Å². The van der Waals surface area contributed by atoms with Crippen molar-refractivity contribution in [1.29, 1.82) is 0 Å². The third kappa shape index (κ3) is 6.09. The average molecular weight is 300 g/mol. The molecule has 0 aromatic carbocycles. The van der Waals surface area contributed by atoms with Gasteiger partial charge in [-0.2, -0.15) is 13.2 Å². The minimum atomic E-state index is -5.23. The molecule has 0 N–H and O–H groups in total. The lowest BCUT2D eigenvalue weighted by atomic mass is 9.96. The van der Waals surface area contributed by atoms with Gasteiger partial charge in [0.1, 0.15) is 0 Å². The molecule has 0 aliphatic rings. The molecular formula is C14H24F4O2. The second-order valence-corrected chi connectivity index (χ2v) is 5.27. The van der Waals surface area contributed by atoms with Crippen LogP contribution in [0.4, 0.5) is 17.6 Å². The summed E-state index contributed by atoms with van der Waals surface area (Å²) >= 11 is 0. The largest absolute Gasteiger partial charge is 0.460 e. The van der Waals surface area contributed by atoms with Gasteiger partial charge in [0, 0.05) is 6.42 Å². The van der Waals surface area contributed by atoms with E-state index in [9.17, 15) is 22.4 Å². The Hall–Kier alpha value is -0.810. The summed E-state index contributed by atoms with van der Waals surface area (Å²) in [5.41, 5.74) is -3.89. The van der Waals surface area contributed by atoms with Crippen LogP contribution in [0.25, 0.3) is 0 Å². The third-order valence-corrected chi connectivity index (χ3v) is 2.99. The molecule has 20 heavy (non-hydrogen) atoms. The van der Waals surface area contributed by atoms with Gasteiger partial charge < -0.3 is 4.74 Å². The predicted octanol–water partition coefficient (Wildman–Crippen LogP) is 4.96. The van der Waals surface area contributed by atoms with Crippen LogP contribution in [0.1, 0.15) is 65.7 Å². The summed E-state index contributed by atoms with van der Waals surface area (Å²) in [5, 5.41) is 0. The van der Waals surface area contributed by atoms with Gasteiger partial charge in [0.25, 0.3) is 0 Å². The molecule has 120 valence electrons. The maximum Gasteiger partial charge on any atom is 0.433 e. The Bertz CT molecular complexity index is 289. The fourth-order valence-corrected chi connectivity index (χ4v) is 1.82. The molecule has 0 radical (unpaired) electrons. The summed E-state index contributed by atoms with van der Waals surface area (Å²) < 4.78 is 56.7. The topological polar surface area (TPSA) is 26.3 Å². The van der Waals surface area contributed by atoms with Crippen molar-refractivity contribution in [3.8, 4) is 0 Å². The van der Waals surface area contributed by atoms with E-state index in [0.717, 1.165) is 25.7 Å². The van der Waals surface area contributed by atoms with Crippen molar-refractivity contribution < 1.29 is 27.1 Å². The highest BCUT2D eigenvalue weighted by molar-refractivity contribution is 5.80. The highest BCUT2D eigenvalue weighted by atomic mass is 19.4. The molecule has 0 aromatic rings. The number of hydrogen-bond donors (Lipinski definition) is 0. The van der Waals surface area contributed by atoms with E-state index in [-0.39, 0.29) is 6.42 Å².